The van der Waals surface area contributed by atoms with Gasteiger partial charge in [0, 0.05) is 22.7 Å². The molecular weight excluding hydrogens is 330 g/mol. The lowest BCUT2D eigenvalue weighted by Crippen LogP contribution is -2.24. The second-order valence-electron chi connectivity index (χ2n) is 4.64. The Morgan fingerprint density at radius 3 is 2.79 bits per heavy atom. The first-order valence-corrected chi connectivity index (χ1v) is 8.80. The lowest BCUT2D eigenvalue weighted by Gasteiger charge is -2.10. The van der Waals surface area contributed by atoms with Crippen molar-refractivity contribution in [3.8, 4) is 0 Å². The number of hydrogen-bond acceptors (Lipinski definition) is 4. The number of benzene rings is 1. The SMILES string of the molecule is CC(NCCS(C)(=O)=O)c1cc2cc(Br)ccc2o1. The zero-order valence-corrected chi connectivity index (χ0v) is 13.2. The molecule has 2 aromatic rings. The molecule has 0 saturated heterocycles. The molecule has 4 nitrogen and oxygen atoms in total. The van der Waals surface area contributed by atoms with Gasteiger partial charge in [-0.25, -0.2) is 8.42 Å². The molecule has 1 aromatic heterocycles. The summed E-state index contributed by atoms with van der Waals surface area (Å²) in [4.78, 5) is 0. The third-order valence-electron chi connectivity index (χ3n) is 2.85. The average molecular weight is 346 g/mol. The maximum absolute atomic E-state index is 11.1. The highest BCUT2D eigenvalue weighted by molar-refractivity contribution is 9.10. The summed E-state index contributed by atoms with van der Waals surface area (Å²) in [6, 6.07) is 7.78. The van der Waals surface area contributed by atoms with Gasteiger partial charge in [0.1, 0.15) is 21.2 Å². The van der Waals surface area contributed by atoms with Crippen LogP contribution in [0.25, 0.3) is 11.0 Å². The molecule has 0 spiro atoms. The van der Waals surface area contributed by atoms with Crippen LogP contribution < -0.4 is 5.32 Å². The Morgan fingerprint density at radius 2 is 2.11 bits per heavy atom. The molecule has 0 bridgehead atoms. The molecule has 104 valence electrons. The summed E-state index contributed by atoms with van der Waals surface area (Å²) in [6.45, 7) is 2.37. The van der Waals surface area contributed by atoms with Gasteiger partial charge in [0.25, 0.3) is 0 Å². The predicted octanol–water partition coefficient (Wildman–Crippen LogP) is 2.89. The first kappa shape index (κ1) is 14.6. The first-order valence-electron chi connectivity index (χ1n) is 5.95. The standard InChI is InChI=1S/C13H16BrNO3S/c1-9(15-5-6-19(2,16)17)13-8-10-7-11(14)3-4-12(10)18-13/h3-4,7-9,15H,5-6H2,1-2H3. The van der Waals surface area contributed by atoms with Gasteiger partial charge in [-0.2, -0.15) is 0 Å². The summed E-state index contributed by atoms with van der Waals surface area (Å²) in [5, 5.41) is 4.18. The third-order valence-corrected chi connectivity index (χ3v) is 4.29. The second-order valence-corrected chi connectivity index (χ2v) is 7.81. The van der Waals surface area contributed by atoms with Gasteiger partial charge in [0.15, 0.2) is 0 Å². The van der Waals surface area contributed by atoms with Crippen LogP contribution in [0, 0.1) is 0 Å². The minimum absolute atomic E-state index is 0.0204. The number of rotatable bonds is 5. The number of furan rings is 1. The van der Waals surface area contributed by atoms with Crippen molar-refractivity contribution in [2.75, 3.05) is 18.6 Å². The van der Waals surface area contributed by atoms with Gasteiger partial charge in [-0.3, -0.25) is 0 Å². The maximum atomic E-state index is 11.1. The highest BCUT2D eigenvalue weighted by atomic mass is 79.9. The summed E-state index contributed by atoms with van der Waals surface area (Å²) in [7, 11) is -2.93. The molecule has 2 rings (SSSR count). The van der Waals surface area contributed by atoms with Crippen molar-refractivity contribution >= 4 is 36.7 Å². The molecule has 6 heteroatoms. The molecular formula is C13H16BrNO3S. The Bertz CT molecular complexity index is 678. The quantitative estimate of drug-likeness (QED) is 0.904. The normalized spacial score (nSPS) is 13.8. The Hall–Kier alpha value is -0.850. The number of halogens is 1. The van der Waals surface area contributed by atoms with E-state index in [4.69, 9.17) is 4.42 Å². The number of hydrogen-bond donors (Lipinski definition) is 1. The minimum Gasteiger partial charge on any atom is -0.459 e. The van der Waals surface area contributed by atoms with Crippen molar-refractivity contribution in [2.24, 2.45) is 0 Å². The maximum Gasteiger partial charge on any atom is 0.148 e. The van der Waals surface area contributed by atoms with Gasteiger partial charge in [-0.15, -0.1) is 0 Å². The first-order chi connectivity index (χ1) is 8.85. The molecule has 0 fully saturated rings. The van der Waals surface area contributed by atoms with Gasteiger partial charge in [-0.05, 0) is 31.2 Å². The predicted molar refractivity (Wildman–Crippen MR) is 80.0 cm³/mol. The number of sulfone groups is 1. The topological polar surface area (TPSA) is 59.3 Å². The van der Waals surface area contributed by atoms with Gasteiger partial charge in [0.05, 0.1) is 11.8 Å². The van der Waals surface area contributed by atoms with E-state index in [1.807, 2.05) is 31.2 Å². The molecule has 1 heterocycles. The molecule has 1 unspecified atom stereocenters. The van der Waals surface area contributed by atoms with E-state index in [9.17, 15) is 8.42 Å². The largest absolute Gasteiger partial charge is 0.459 e. The van der Waals surface area contributed by atoms with Crippen LogP contribution in [0.3, 0.4) is 0 Å². The van der Waals surface area contributed by atoms with E-state index in [-0.39, 0.29) is 11.8 Å². The van der Waals surface area contributed by atoms with Crippen LogP contribution in [0.15, 0.2) is 33.2 Å². The Balaban J connectivity index is 2.07. The van der Waals surface area contributed by atoms with Crippen molar-refractivity contribution < 1.29 is 12.8 Å². The molecule has 0 aliphatic rings. The van der Waals surface area contributed by atoms with E-state index in [1.54, 1.807) is 0 Å². The van der Waals surface area contributed by atoms with Crippen molar-refractivity contribution in [2.45, 2.75) is 13.0 Å². The average Bonchev–Trinajstić information content (AvgIpc) is 2.70. The molecule has 0 radical (unpaired) electrons. The second kappa shape index (κ2) is 5.64. The molecule has 0 aliphatic carbocycles. The molecule has 1 aromatic carbocycles. The van der Waals surface area contributed by atoms with Gasteiger partial charge < -0.3 is 9.73 Å². The number of nitrogens with one attached hydrogen (secondary N) is 1. The van der Waals surface area contributed by atoms with E-state index in [0.29, 0.717) is 6.54 Å². The lowest BCUT2D eigenvalue weighted by molar-refractivity contribution is 0.459. The smallest absolute Gasteiger partial charge is 0.148 e. The lowest BCUT2D eigenvalue weighted by atomic mass is 10.2. The Morgan fingerprint density at radius 1 is 1.37 bits per heavy atom. The minimum atomic E-state index is -2.93. The molecule has 1 atom stereocenters. The third kappa shape index (κ3) is 4.06. The van der Waals surface area contributed by atoms with E-state index in [0.717, 1.165) is 21.2 Å². The van der Waals surface area contributed by atoms with Crippen molar-refractivity contribution in [3.05, 3.63) is 34.5 Å². The van der Waals surface area contributed by atoms with Crippen LogP contribution in [-0.4, -0.2) is 27.0 Å². The van der Waals surface area contributed by atoms with Crippen LogP contribution >= 0.6 is 15.9 Å². The van der Waals surface area contributed by atoms with Crippen LogP contribution in [0.2, 0.25) is 0 Å². The highest BCUT2D eigenvalue weighted by Gasteiger charge is 2.12. The molecule has 1 N–H and O–H groups in total. The summed E-state index contributed by atoms with van der Waals surface area (Å²) in [5.41, 5.74) is 0.829. The van der Waals surface area contributed by atoms with Gasteiger partial charge >= 0.3 is 0 Å². The fraction of sp³-hybridized carbons (Fsp3) is 0.385. The summed E-state index contributed by atoms with van der Waals surface area (Å²) in [5.74, 6) is 0.935. The van der Waals surface area contributed by atoms with Gasteiger partial charge in [0.2, 0.25) is 0 Å². The van der Waals surface area contributed by atoms with E-state index in [1.165, 1.54) is 6.26 Å². The highest BCUT2D eigenvalue weighted by Crippen LogP contribution is 2.26. The van der Waals surface area contributed by atoms with Crippen LogP contribution in [-0.2, 0) is 9.84 Å². The fourth-order valence-corrected chi connectivity index (χ4v) is 2.68. The zero-order valence-electron chi connectivity index (χ0n) is 10.8. The molecule has 0 saturated carbocycles. The summed E-state index contributed by atoms with van der Waals surface area (Å²) in [6.07, 6.45) is 1.23. The van der Waals surface area contributed by atoms with Crippen molar-refractivity contribution in [1.29, 1.82) is 0 Å². The van der Waals surface area contributed by atoms with E-state index >= 15 is 0 Å². The van der Waals surface area contributed by atoms with Crippen molar-refractivity contribution in [1.82, 2.24) is 5.32 Å². The number of fused-ring (bicyclic) bond motifs is 1. The summed E-state index contributed by atoms with van der Waals surface area (Å²) < 4.78 is 28.9. The molecule has 19 heavy (non-hydrogen) atoms. The fourth-order valence-electron chi connectivity index (χ4n) is 1.81. The van der Waals surface area contributed by atoms with Crippen LogP contribution in [0.4, 0.5) is 0 Å². The van der Waals surface area contributed by atoms with Gasteiger partial charge in [-0.1, -0.05) is 15.9 Å². The molecule has 0 amide bonds. The Kier molecular flexibility index (Phi) is 4.32. The van der Waals surface area contributed by atoms with Crippen LogP contribution in [0.5, 0.6) is 0 Å². The summed E-state index contributed by atoms with van der Waals surface area (Å²) >= 11 is 3.42. The monoisotopic (exact) mass is 345 g/mol. The van der Waals surface area contributed by atoms with E-state index < -0.39 is 9.84 Å². The van der Waals surface area contributed by atoms with E-state index in [2.05, 4.69) is 21.2 Å². The van der Waals surface area contributed by atoms with Crippen molar-refractivity contribution in [3.63, 3.8) is 0 Å². The van der Waals surface area contributed by atoms with Crippen LogP contribution in [0.1, 0.15) is 18.7 Å². The zero-order chi connectivity index (χ0) is 14.0. The Labute approximate surface area is 121 Å². The molecule has 0 aliphatic heterocycles.